The molecule has 2 nitrogen and oxygen atoms in total. The van der Waals surface area contributed by atoms with Gasteiger partial charge in [0, 0.05) is 5.56 Å². The number of hydrogen-bond acceptors (Lipinski definition) is 1. The second-order valence-electron chi connectivity index (χ2n) is 2.22. The second-order valence-corrected chi connectivity index (χ2v) is 2.66. The summed E-state index contributed by atoms with van der Waals surface area (Å²) in [7, 11) is 0. The van der Waals surface area contributed by atoms with E-state index in [1.165, 1.54) is 24.3 Å². The molecule has 0 heterocycles. The number of carboxylic acids is 1. The molecule has 0 aliphatic rings. The van der Waals surface area contributed by atoms with Gasteiger partial charge in [-0.2, -0.15) is 0 Å². The standard InChI is InChI=1S/C8H6ClFO2/c9-7(8(11)12)5-3-1-2-4-6(5)10/h1-4,7H,(H,11,12). The van der Waals surface area contributed by atoms with Crippen molar-refractivity contribution in [3.8, 4) is 0 Å². The summed E-state index contributed by atoms with van der Waals surface area (Å²) < 4.78 is 12.9. The molecule has 0 spiro atoms. The lowest BCUT2D eigenvalue weighted by Crippen LogP contribution is -2.06. The molecule has 1 atom stereocenters. The van der Waals surface area contributed by atoms with E-state index in [1.54, 1.807) is 0 Å². The molecule has 0 saturated carbocycles. The Morgan fingerprint density at radius 1 is 1.50 bits per heavy atom. The monoisotopic (exact) mass is 188 g/mol. The first-order chi connectivity index (χ1) is 5.63. The van der Waals surface area contributed by atoms with Gasteiger partial charge in [-0.05, 0) is 6.07 Å². The number of hydrogen-bond donors (Lipinski definition) is 1. The number of aliphatic carboxylic acids is 1. The molecule has 0 fully saturated rings. The third-order valence-corrected chi connectivity index (χ3v) is 1.82. The smallest absolute Gasteiger partial charge is 0.326 e. The maximum absolute atomic E-state index is 12.9. The van der Waals surface area contributed by atoms with Gasteiger partial charge in [-0.15, -0.1) is 11.6 Å². The molecule has 1 rings (SSSR count). The van der Waals surface area contributed by atoms with Crippen molar-refractivity contribution >= 4 is 17.6 Å². The van der Waals surface area contributed by atoms with Gasteiger partial charge in [0.25, 0.3) is 0 Å². The fraction of sp³-hybridized carbons (Fsp3) is 0.125. The maximum atomic E-state index is 12.9. The summed E-state index contributed by atoms with van der Waals surface area (Å²) >= 11 is 5.41. The highest BCUT2D eigenvalue weighted by Gasteiger charge is 2.19. The van der Waals surface area contributed by atoms with Crippen LogP contribution in [-0.2, 0) is 4.79 Å². The molecule has 12 heavy (non-hydrogen) atoms. The van der Waals surface area contributed by atoms with E-state index in [9.17, 15) is 9.18 Å². The lowest BCUT2D eigenvalue weighted by Gasteiger charge is -2.04. The normalized spacial score (nSPS) is 12.5. The fourth-order valence-corrected chi connectivity index (χ4v) is 0.991. The summed E-state index contributed by atoms with van der Waals surface area (Å²) in [4.78, 5) is 10.4. The molecule has 0 aliphatic carbocycles. The Kier molecular flexibility index (Phi) is 2.65. The van der Waals surface area contributed by atoms with Crippen LogP contribution in [0.5, 0.6) is 0 Å². The van der Waals surface area contributed by atoms with Crippen molar-refractivity contribution in [2.45, 2.75) is 5.38 Å². The number of alkyl halides is 1. The molecule has 1 unspecified atom stereocenters. The number of carbonyl (C=O) groups is 1. The third kappa shape index (κ3) is 1.74. The summed E-state index contributed by atoms with van der Waals surface area (Å²) in [5.74, 6) is -1.85. The summed E-state index contributed by atoms with van der Waals surface area (Å²) in [6.07, 6.45) is 0. The van der Waals surface area contributed by atoms with Gasteiger partial charge in [-0.1, -0.05) is 18.2 Å². The van der Waals surface area contributed by atoms with Gasteiger partial charge in [-0.25, -0.2) is 4.39 Å². The molecule has 1 aromatic carbocycles. The first kappa shape index (κ1) is 9.00. The quantitative estimate of drug-likeness (QED) is 0.723. The van der Waals surface area contributed by atoms with Crippen LogP contribution in [0.1, 0.15) is 10.9 Å². The lowest BCUT2D eigenvalue weighted by atomic mass is 10.1. The Morgan fingerprint density at radius 3 is 2.58 bits per heavy atom. The van der Waals surface area contributed by atoms with Crippen molar-refractivity contribution in [1.82, 2.24) is 0 Å². The Balaban J connectivity index is 3.02. The van der Waals surface area contributed by atoms with E-state index in [2.05, 4.69) is 0 Å². The minimum Gasteiger partial charge on any atom is -0.480 e. The predicted molar refractivity (Wildman–Crippen MR) is 42.6 cm³/mol. The second kappa shape index (κ2) is 3.54. The van der Waals surface area contributed by atoms with Crippen LogP contribution in [0.15, 0.2) is 24.3 Å². The molecular formula is C8H6ClFO2. The van der Waals surface area contributed by atoms with Crippen molar-refractivity contribution < 1.29 is 14.3 Å². The highest BCUT2D eigenvalue weighted by Crippen LogP contribution is 2.22. The molecular weight excluding hydrogens is 183 g/mol. The molecule has 0 radical (unpaired) electrons. The van der Waals surface area contributed by atoms with E-state index >= 15 is 0 Å². The minimum absolute atomic E-state index is 0.00772. The van der Waals surface area contributed by atoms with E-state index in [0.717, 1.165) is 0 Å². The number of rotatable bonds is 2. The van der Waals surface area contributed by atoms with E-state index in [1.807, 2.05) is 0 Å². The number of halogens is 2. The van der Waals surface area contributed by atoms with Crippen molar-refractivity contribution in [3.63, 3.8) is 0 Å². The summed E-state index contributed by atoms with van der Waals surface area (Å²) in [6.45, 7) is 0. The average Bonchev–Trinajstić information content (AvgIpc) is 2.04. The van der Waals surface area contributed by atoms with Gasteiger partial charge in [-0.3, -0.25) is 4.79 Å². The number of benzene rings is 1. The molecule has 1 aromatic rings. The summed E-state index contributed by atoms with van der Waals surface area (Å²) in [5, 5.41) is 7.15. The van der Waals surface area contributed by atoms with Crippen molar-refractivity contribution in [2.24, 2.45) is 0 Å². The Hall–Kier alpha value is -1.09. The van der Waals surface area contributed by atoms with Crippen LogP contribution in [0.2, 0.25) is 0 Å². The maximum Gasteiger partial charge on any atom is 0.326 e. The number of carboxylic acid groups (broad SMARTS) is 1. The van der Waals surface area contributed by atoms with Gasteiger partial charge in [0.15, 0.2) is 5.38 Å². The van der Waals surface area contributed by atoms with Crippen LogP contribution in [-0.4, -0.2) is 11.1 Å². The van der Waals surface area contributed by atoms with E-state index in [-0.39, 0.29) is 5.56 Å². The Morgan fingerprint density at radius 2 is 2.08 bits per heavy atom. The van der Waals surface area contributed by atoms with Crippen LogP contribution in [0.3, 0.4) is 0 Å². The fourth-order valence-electron chi connectivity index (χ4n) is 0.814. The molecule has 0 saturated heterocycles. The minimum atomic E-state index is -1.31. The molecule has 1 N–H and O–H groups in total. The van der Waals surface area contributed by atoms with E-state index in [0.29, 0.717) is 0 Å². The summed E-state index contributed by atoms with van der Waals surface area (Å²) in [5.41, 5.74) is -0.00772. The zero-order valence-corrected chi connectivity index (χ0v) is 6.75. The Labute approximate surface area is 73.6 Å². The highest BCUT2D eigenvalue weighted by atomic mass is 35.5. The zero-order valence-electron chi connectivity index (χ0n) is 6.00. The largest absolute Gasteiger partial charge is 0.480 e. The molecule has 0 aromatic heterocycles. The van der Waals surface area contributed by atoms with Crippen LogP contribution in [0, 0.1) is 5.82 Å². The van der Waals surface area contributed by atoms with Crippen molar-refractivity contribution in [3.05, 3.63) is 35.6 Å². The summed E-state index contributed by atoms with van der Waals surface area (Å²) in [6, 6.07) is 5.54. The molecule has 0 amide bonds. The third-order valence-electron chi connectivity index (χ3n) is 1.40. The SMILES string of the molecule is O=C(O)C(Cl)c1ccccc1F. The average molecular weight is 189 g/mol. The lowest BCUT2D eigenvalue weighted by molar-refractivity contribution is -0.136. The van der Waals surface area contributed by atoms with Crippen LogP contribution in [0.4, 0.5) is 4.39 Å². The van der Waals surface area contributed by atoms with Gasteiger partial charge in [0.2, 0.25) is 0 Å². The first-order valence-electron chi connectivity index (χ1n) is 3.24. The van der Waals surface area contributed by atoms with Gasteiger partial charge in [0.05, 0.1) is 0 Å². The van der Waals surface area contributed by atoms with Crippen molar-refractivity contribution in [1.29, 1.82) is 0 Å². The van der Waals surface area contributed by atoms with Gasteiger partial charge >= 0.3 is 5.97 Å². The van der Waals surface area contributed by atoms with Crippen LogP contribution in [0.25, 0.3) is 0 Å². The van der Waals surface area contributed by atoms with E-state index in [4.69, 9.17) is 16.7 Å². The van der Waals surface area contributed by atoms with Crippen molar-refractivity contribution in [2.75, 3.05) is 0 Å². The predicted octanol–water partition coefficient (Wildman–Crippen LogP) is 2.19. The van der Waals surface area contributed by atoms with Gasteiger partial charge in [0.1, 0.15) is 5.82 Å². The highest BCUT2D eigenvalue weighted by molar-refractivity contribution is 6.29. The Bertz CT molecular complexity index is 301. The molecule has 64 valence electrons. The first-order valence-corrected chi connectivity index (χ1v) is 3.68. The van der Waals surface area contributed by atoms with Crippen LogP contribution >= 0.6 is 11.6 Å². The van der Waals surface area contributed by atoms with Crippen LogP contribution < -0.4 is 0 Å². The molecule has 4 heteroatoms. The van der Waals surface area contributed by atoms with E-state index < -0.39 is 17.2 Å². The van der Waals surface area contributed by atoms with Gasteiger partial charge < -0.3 is 5.11 Å². The molecule has 0 aliphatic heterocycles. The molecule has 0 bridgehead atoms. The topological polar surface area (TPSA) is 37.3 Å². The zero-order chi connectivity index (χ0) is 9.14.